The molecule has 1 aromatic carbocycles. The molecule has 1 aromatic heterocycles. The Kier molecular flexibility index (Phi) is 4.16. The number of amides is 1. The predicted molar refractivity (Wildman–Crippen MR) is 68.7 cm³/mol. The van der Waals surface area contributed by atoms with Crippen molar-refractivity contribution in [3.8, 4) is 0 Å². The van der Waals surface area contributed by atoms with Crippen molar-refractivity contribution in [3.05, 3.63) is 52.1 Å². The van der Waals surface area contributed by atoms with E-state index in [4.69, 9.17) is 16.1 Å². The van der Waals surface area contributed by atoms with Gasteiger partial charge in [0, 0.05) is 19.0 Å². The average molecular weight is 283 g/mol. The summed E-state index contributed by atoms with van der Waals surface area (Å²) in [6.45, 7) is 2.13. The van der Waals surface area contributed by atoms with Crippen LogP contribution in [0.2, 0.25) is 5.02 Å². The van der Waals surface area contributed by atoms with Crippen LogP contribution in [0.15, 0.2) is 28.8 Å². The SMILES string of the molecule is Cc1cc(CCNC(=O)c2c(F)cccc2Cl)on1. The summed E-state index contributed by atoms with van der Waals surface area (Å²) >= 11 is 5.79. The highest BCUT2D eigenvalue weighted by atomic mass is 35.5. The van der Waals surface area contributed by atoms with Gasteiger partial charge in [0.25, 0.3) is 5.91 Å². The van der Waals surface area contributed by atoms with E-state index in [0.717, 1.165) is 5.69 Å². The summed E-state index contributed by atoms with van der Waals surface area (Å²) in [4.78, 5) is 11.8. The minimum absolute atomic E-state index is 0.0907. The van der Waals surface area contributed by atoms with Crippen LogP contribution in [0.5, 0.6) is 0 Å². The monoisotopic (exact) mass is 282 g/mol. The molecule has 0 saturated carbocycles. The van der Waals surface area contributed by atoms with E-state index < -0.39 is 11.7 Å². The van der Waals surface area contributed by atoms with Gasteiger partial charge in [0.05, 0.1) is 16.3 Å². The van der Waals surface area contributed by atoms with Crippen LogP contribution in [-0.2, 0) is 6.42 Å². The fourth-order valence-corrected chi connectivity index (χ4v) is 1.89. The number of benzene rings is 1. The van der Waals surface area contributed by atoms with Crippen molar-refractivity contribution in [1.82, 2.24) is 10.5 Å². The number of halogens is 2. The van der Waals surface area contributed by atoms with Gasteiger partial charge in [-0.3, -0.25) is 4.79 Å². The molecule has 0 fully saturated rings. The Morgan fingerprint density at radius 2 is 2.32 bits per heavy atom. The van der Waals surface area contributed by atoms with Crippen molar-refractivity contribution in [3.63, 3.8) is 0 Å². The van der Waals surface area contributed by atoms with E-state index in [2.05, 4.69) is 10.5 Å². The van der Waals surface area contributed by atoms with E-state index >= 15 is 0 Å². The third-order valence-electron chi connectivity index (χ3n) is 2.52. The van der Waals surface area contributed by atoms with Gasteiger partial charge in [-0.2, -0.15) is 0 Å². The Labute approximate surface area is 114 Å². The molecule has 6 heteroatoms. The van der Waals surface area contributed by atoms with Crippen LogP contribution in [0, 0.1) is 12.7 Å². The molecule has 2 rings (SSSR count). The Morgan fingerprint density at radius 1 is 1.53 bits per heavy atom. The van der Waals surface area contributed by atoms with Crippen LogP contribution in [0.3, 0.4) is 0 Å². The molecule has 100 valence electrons. The molecule has 4 nitrogen and oxygen atoms in total. The Bertz CT molecular complexity index is 578. The summed E-state index contributed by atoms with van der Waals surface area (Å²) in [7, 11) is 0. The number of nitrogens with zero attached hydrogens (tertiary/aromatic N) is 1. The van der Waals surface area contributed by atoms with Crippen molar-refractivity contribution in [2.24, 2.45) is 0 Å². The zero-order valence-corrected chi connectivity index (χ0v) is 11.0. The normalized spacial score (nSPS) is 10.5. The van der Waals surface area contributed by atoms with E-state index in [9.17, 15) is 9.18 Å². The second kappa shape index (κ2) is 5.84. The second-order valence-electron chi connectivity index (χ2n) is 4.04. The molecular weight excluding hydrogens is 271 g/mol. The summed E-state index contributed by atoms with van der Waals surface area (Å²) in [6.07, 6.45) is 0.485. The number of carbonyl (C=O) groups excluding carboxylic acids is 1. The summed E-state index contributed by atoms with van der Waals surface area (Å²) < 4.78 is 18.5. The molecule has 2 aromatic rings. The minimum atomic E-state index is -0.638. The third-order valence-corrected chi connectivity index (χ3v) is 2.84. The second-order valence-corrected chi connectivity index (χ2v) is 4.44. The average Bonchev–Trinajstić information content (AvgIpc) is 2.75. The number of nitrogens with one attached hydrogen (secondary N) is 1. The smallest absolute Gasteiger partial charge is 0.255 e. The zero-order valence-electron chi connectivity index (χ0n) is 10.2. The van der Waals surface area contributed by atoms with Crippen LogP contribution in [0.4, 0.5) is 4.39 Å². The molecule has 0 aliphatic heterocycles. The van der Waals surface area contributed by atoms with Crippen LogP contribution >= 0.6 is 11.6 Å². The topological polar surface area (TPSA) is 55.1 Å². The van der Waals surface area contributed by atoms with E-state index in [0.29, 0.717) is 18.7 Å². The van der Waals surface area contributed by atoms with E-state index in [-0.39, 0.29) is 10.6 Å². The maximum Gasteiger partial charge on any atom is 0.255 e. The number of rotatable bonds is 4. The highest BCUT2D eigenvalue weighted by molar-refractivity contribution is 6.33. The van der Waals surface area contributed by atoms with Gasteiger partial charge >= 0.3 is 0 Å². The summed E-state index contributed by atoms with van der Waals surface area (Å²) in [5.41, 5.74) is 0.636. The fraction of sp³-hybridized carbons (Fsp3) is 0.231. The predicted octanol–water partition coefficient (Wildman–Crippen LogP) is 2.75. The molecule has 0 saturated heterocycles. The number of aromatic nitrogens is 1. The lowest BCUT2D eigenvalue weighted by Gasteiger charge is -2.06. The fourth-order valence-electron chi connectivity index (χ4n) is 1.64. The Morgan fingerprint density at radius 3 is 2.95 bits per heavy atom. The first-order chi connectivity index (χ1) is 9.08. The molecule has 0 spiro atoms. The quantitative estimate of drug-likeness (QED) is 0.938. The largest absolute Gasteiger partial charge is 0.361 e. The molecular formula is C13H12ClFN2O2. The van der Waals surface area contributed by atoms with E-state index in [1.54, 1.807) is 6.07 Å². The molecule has 0 atom stereocenters. The first-order valence-electron chi connectivity index (χ1n) is 5.72. The first kappa shape index (κ1) is 13.5. The molecule has 0 aliphatic rings. The third kappa shape index (κ3) is 3.32. The van der Waals surface area contributed by atoms with Gasteiger partial charge in [-0.05, 0) is 19.1 Å². The van der Waals surface area contributed by atoms with Gasteiger partial charge in [-0.1, -0.05) is 22.8 Å². The number of hydrogen-bond acceptors (Lipinski definition) is 3. The lowest BCUT2D eigenvalue weighted by molar-refractivity contribution is 0.0949. The number of aryl methyl sites for hydroxylation is 1. The zero-order chi connectivity index (χ0) is 13.8. The van der Waals surface area contributed by atoms with Crippen LogP contribution in [-0.4, -0.2) is 17.6 Å². The molecule has 0 radical (unpaired) electrons. The molecule has 1 heterocycles. The minimum Gasteiger partial charge on any atom is -0.361 e. The van der Waals surface area contributed by atoms with Crippen molar-refractivity contribution >= 4 is 17.5 Å². The van der Waals surface area contributed by atoms with Crippen molar-refractivity contribution in [2.45, 2.75) is 13.3 Å². The maximum absolute atomic E-state index is 13.5. The molecule has 0 bridgehead atoms. The lowest BCUT2D eigenvalue weighted by Crippen LogP contribution is -2.26. The number of hydrogen-bond donors (Lipinski definition) is 1. The maximum atomic E-state index is 13.5. The van der Waals surface area contributed by atoms with Gasteiger partial charge in [-0.25, -0.2) is 4.39 Å². The van der Waals surface area contributed by atoms with Crippen molar-refractivity contribution in [2.75, 3.05) is 6.54 Å². The Hall–Kier alpha value is -1.88. The van der Waals surface area contributed by atoms with Crippen molar-refractivity contribution < 1.29 is 13.7 Å². The van der Waals surface area contributed by atoms with Gasteiger partial charge in [0.2, 0.25) is 0 Å². The van der Waals surface area contributed by atoms with Crippen molar-refractivity contribution in [1.29, 1.82) is 0 Å². The van der Waals surface area contributed by atoms with Gasteiger partial charge in [-0.15, -0.1) is 0 Å². The van der Waals surface area contributed by atoms with Gasteiger partial charge < -0.3 is 9.84 Å². The molecule has 0 unspecified atom stereocenters. The van der Waals surface area contributed by atoms with Gasteiger partial charge in [0.1, 0.15) is 11.6 Å². The molecule has 0 aliphatic carbocycles. The van der Waals surface area contributed by atoms with Crippen LogP contribution in [0.1, 0.15) is 21.8 Å². The number of carbonyl (C=O) groups is 1. The van der Waals surface area contributed by atoms with Crippen LogP contribution < -0.4 is 5.32 Å². The summed E-state index contributed by atoms with van der Waals surface area (Å²) in [5.74, 6) is -0.516. The standard InChI is InChI=1S/C13H12ClFN2O2/c1-8-7-9(19-17-8)5-6-16-13(18)12-10(14)3-2-4-11(12)15/h2-4,7H,5-6H2,1H3,(H,16,18). The lowest BCUT2D eigenvalue weighted by atomic mass is 10.2. The Balaban J connectivity index is 1.94. The summed E-state index contributed by atoms with van der Waals surface area (Å²) in [5, 5.41) is 6.41. The van der Waals surface area contributed by atoms with E-state index in [1.165, 1.54) is 18.2 Å². The molecule has 1 N–H and O–H groups in total. The molecule has 1 amide bonds. The highest BCUT2D eigenvalue weighted by Gasteiger charge is 2.15. The molecule has 19 heavy (non-hydrogen) atoms. The highest BCUT2D eigenvalue weighted by Crippen LogP contribution is 2.18. The van der Waals surface area contributed by atoms with Crippen LogP contribution in [0.25, 0.3) is 0 Å². The summed E-state index contributed by atoms with van der Waals surface area (Å²) in [6, 6.07) is 5.90. The first-order valence-corrected chi connectivity index (χ1v) is 6.10. The van der Waals surface area contributed by atoms with Gasteiger partial charge in [0.15, 0.2) is 0 Å². The van der Waals surface area contributed by atoms with E-state index in [1.807, 2.05) is 6.92 Å².